The molecule has 0 fully saturated rings. The molecule has 2 rings (SSSR count). The summed E-state index contributed by atoms with van der Waals surface area (Å²) in [6.07, 6.45) is 0. The molecule has 2 N–H and O–H groups in total. The van der Waals surface area contributed by atoms with E-state index in [-0.39, 0.29) is 11.8 Å². The predicted octanol–water partition coefficient (Wildman–Crippen LogP) is 1.36. The highest BCUT2D eigenvalue weighted by molar-refractivity contribution is 5.95. The molecule has 0 saturated carbocycles. The van der Waals surface area contributed by atoms with Gasteiger partial charge >= 0.3 is 0 Å². The molecule has 2 aromatic rings. The standard InChI is InChI=1S/C21H27N3O3/c1-15-6-11-19(27-5)17(12-15)13-24(4)14-20(25)22-18-9-7-16(8-10-18)21(26)23(2)3/h6-12H,13-14H2,1-5H3,(H,22,25)/p+1. The minimum Gasteiger partial charge on any atom is -0.496 e. The topological polar surface area (TPSA) is 63.1 Å². The Bertz CT molecular complexity index is 801. The highest BCUT2D eigenvalue weighted by atomic mass is 16.5. The molecule has 0 bridgehead atoms. The lowest BCUT2D eigenvalue weighted by atomic mass is 10.1. The lowest BCUT2D eigenvalue weighted by molar-refractivity contribution is -0.885. The summed E-state index contributed by atoms with van der Waals surface area (Å²) < 4.78 is 5.40. The number of benzene rings is 2. The highest BCUT2D eigenvalue weighted by Crippen LogP contribution is 2.18. The number of carbonyl (C=O) groups is 2. The van der Waals surface area contributed by atoms with Crippen molar-refractivity contribution in [2.45, 2.75) is 13.5 Å². The van der Waals surface area contributed by atoms with Crippen molar-refractivity contribution in [3.05, 3.63) is 59.2 Å². The maximum Gasteiger partial charge on any atom is 0.279 e. The molecule has 6 nitrogen and oxygen atoms in total. The molecule has 0 heterocycles. The van der Waals surface area contributed by atoms with Crippen molar-refractivity contribution in [1.29, 1.82) is 0 Å². The summed E-state index contributed by atoms with van der Waals surface area (Å²) in [6.45, 7) is 3.06. The minimum absolute atomic E-state index is 0.0656. The van der Waals surface area contributed by atoms with Crippen LogP contribution in [0.1, 0.15) is 21.5 Å². The maximum absolute atomic E-state index is 12.3. The molecule has 0 aliphatic rings. The number of hydrogen-bond donors (Lipinski definition) is 2. The molecule has 0 spiro atoms. The van der Waals surface area contributed by atoms with E-state index in [4.69, 9.17) is 4.74 Å². The van der Waals surface area contributed by atoms with Crippen LogP contribution in [0.25, 0.3) is 0 Å². The van der Waals surface area contributed by atoms with E-state index in [9.17, 15) is 9.59 Å². The van der Waals surface area contributed by atoms with Crippen molar-refractivity contribution in [3.63, 3.8) is 0 Å². The minimum atomic E-state index is -0.0780. The number of quaternary nitrogens is 1. The first kappa shape index (κ1) is 20.5. The largest absolute Gasteiger partial charge is 0.496 e. The van der Waals surface area contributed by atoms with Gasteiger partial charge in [0.15, 0.2) is 6.54 Å². The number of ether oxygens (including phenoxy) is 1. The number of nitrogens with zero attached hydrogens (tertiary/aromatic N) is 1. The molecule has 1 unspecified atom stereocenters. The lowest BCUT2D eigenvalue weighted by Gasteiger charge is -2.16. The van der Waals surface area contributed by atoms with Crippen molar-refractivity contribution in [2.75, 3.05) is 40.1 Å². The fraction of sp³-hybridized carbons (Fsp3) is 0.333. The van der Waals surface area contributed by atoms with E-state index in [1.807, 2.05) is 26.1 Å². The van der Waals surface area contributed by atoms with Crippen LogP contribution in [0.3, 0.4) is 0 Å². The van der Waals surface area contributed by atoms with Gasteiger partial charge in [-0.05, 0) is 43.3 Å². The van der Waals surface area contributed by atoms with Crippen LogP contribution in [0.4, 0.5) is 5.69 Å². The zero-order chi connectivity index (χ0) is 20.0. The van der Waals surface area contributed by atoms with Crippen LogP contribution in [0.15, 0.2) is 42.5 Å². The molecule has 27 heavy (non-hydrogen) atoms. The second-order valence-electron chi connectivity index (χ2n) is 6.95. The first-order valence-electron chi connectivity index (χ1n) is 8.86. The van der Waals surface area contributed by atoms with Crippen LogP contribution in [0, 0.1) is 6.92 Å². The highest BCUT2D eigenvalue weighted by Gasteiger charge is 2.14. The van der Waals surface area contributed by atoms with Crippen molar-refractivity contribution in [1.82, 2.24) is 4.90 Å². The normalized spacial score (nSPS) is 11.6. The Morgan fingerprint density at radius 1 is 1.11 bits per heavy atom. The van der Waals surface area contributed by atoms with E-state index >= 15 is 0 Å². The van der Waals surface area contributed by atoms with Gasteiger partial charge in [-0.2, -0.15) is 0 Å². The Labute approximate surface area is 160 Å². The van der Waals surface area contributed by atoms with Gasteiger partial charge in [-0.1, -0.05) is 11.6 Å². The van der Waals surface area contributed by atoms with Gasteiger partial charge in [-0.3, -0.25) is 9.59 Å². The summed E-state index contributed by atoms with van der Waals surface area (Å²) in [4.78, 5) is 26.8. The number of rotatable bonds is 7. The van der Waals surface area contributed by atoms with Crippen LogP contribution in [-0.4, -0.2) is 51.5 Å². The Hall–Kier alpha value is -2.86. The first-order valence-corrected chi connectivity index (χ1v) is 8.86. The van der Waals surface area contributed by atoms with Crippen molar-refractivity contribution in [3.8, 4) is 5.75 Å². The smallest absolute Gasteiger partial charge is 0.279 e. The van der Waals surface area contributed by atoms with Gasteiger partial charge in [-0.25, -0.2) is 0 Å². The molecule has 6 heteroatoms. The van der Waals surface area contributed by atoms with Crippen molar-refractivity contribution >= 4 is 17.5 Å². The van der Waals surface area contributed by atoms with Crippen molar-refractivity contribution < 1.29 is 19.2 Å². The molecule has 1 atom stereocenters. The van der Waals surface area contributed by atoms with Gasteiger partial charge in [-0.15, -0.1) is 0 Å². The lowest BCUT2D eigenvalue weighted by Crippen LogP contribution is -3.08. The summed E-state index contributed by atoms with van der Waals surface area (Å²) >= 11 is 0. The zero-order valence-electron chi connectivity index (χ0n) is 16.6. The average Bonchev–Trinajstić information content (AvgIpc) is 2.61. The second kappa shape index (κ2) is 9.19. The Balaban J connectivity index is 1.93. The molecule has 144 valence electrons. The third-order valence-electron chi connectivity index (χ3n) is 4.21. The van der Waals surface area contributed by atoms with Crippen LogP contribution >= 0.6 is 0 Å². The van der Waals surface area contributed by atoms with E-state index in [0.717, 1.165) is 21.8 Å². The van der Waals surface area contributed by atoms with Crippen LogP contribution in [0.5, 0.6) is 5.75 Å². The number of aryl methyl sites for hydroxylation is 1. The molecule has 2 amide bonds. The van der Waals surface area contributed by atoms with Crippen LogP contribution in [-0.2, 0) is 11.3 Å². The first-order chi connectivity index (χ1) is 12.8. The molecular formula is C21H28N3O3+. The number of anilines is 1. The van der Waals surface area contributed by atoms with Gasteiger partial charge in [0.1, 0.15) is 12.3 Å². The summed E-state index contributed by atoms with van der Waals surface area (Å²) in [5.74, 6) is 0.691. The third-order valence-corrected chi connectivity index (χ3v) is 4.21. The quantitative estimate of drug-likeness (QED) is 0.774. The van der Waals surface area contributed by atoms with E-state index in [1.165, 1.54) is 4.90 Å². The van der Waals surface area contributed by atoms with E-state index in [1.54, 1.807) is 45.5 Å². The molecule has 0 radical (unpaired) electrons. The molecule has 0 saturated heterocycles. The van der Waals surface area contributed by atoms with Crippen molar-refractivity contribution in [2.24, 2.45) is 0 Å². The Morgan fingerprint density at radius 3 is 2.37 bits per heavy atom. The maximum atomic E-state index is 12.3. The van der Waals surface area contributed by atoms with Gasteiger partial charge in [0.2, 0.25) is 0 Å². The SMILES string of the molecule is COc1ccc(C)cc1C[NH+](C)CC(=O)Nc1ccc(C(=O)N(C)C)cc1. The van der Waals surface area contributed by atoms with E-state index in [0.29, 0.717) is 24.3 Å². The van der Waals surface area contributed by atoms with Gasteiger partial charge < -0.3 is 19.9 Å². The fourth-order valence-electron chi connectivity index (χ4n) is 2.87. The molecule has 0 aromatic heterocycles. The molecule has 2 aromatic carbocycles. The number of methoxy groups -OCH3 is 1. The van der Waals surface area contributed by atoms with Crippen LogP contribution < -0.4 is 15.0 Å². The number of hydrogen-bond acceptors (Lipinski definition) is 3. The predicted molar refractivity (Wildman–Crippen MR) is 106 cm³/mol. The third kappa shape index (κ3) is 5.82. The molecule has 0 aliphatic heterocycles. The van der Waals surface area contributed by atoms with E-state index < -0.39 is 0 Å². The second-order valence-corrected chi connectivity index (χ2v) is 6.95. The number of carbonyl (C=O) groups excluding carboxylic acids is 2. The van der Waals surface area contributed by atoms with Gasteiger partial charge in [0.05, 0.1) is 14.2 Å². The van der Waals surface area contributed by atoms with Gasteiger partial charge in [0, 0.05) is 30.9 Å². The summed E-state index contributed by atoms with van der Waals surface area (Å²) in [5, 5.41) is 2.88. The fourth-order valence-corrected chi connectivity index (χ4v) is 2.87. The van der Waals surface area contributed by atoms with E-state index in [2.05, 4.69) is 11.4 Å². The van der Waals surface area contributed by atoms with Gasteiger partial charge in [0.25, 0.3) is 11.8 Å². The number of likely N-dealkylation sites (N-methyl/N-ethyl adjacent to an activating group) is 1. The summed E-state index contributed by atoms with van der Waals surface area (Å²) in [7, 11) is 7.04. The number of amides is 2. The molecular weight excluding hydrogens is 342 g/mol. The summed E-state index contributed by atoms with van der Waals surface area (Å²) in [6, 6.07) is 13.0. The summed E-state index contributed by atoms with van der Waals surface area (Å²) in [5.41, 5.74) is 3.51. The van der Waals surface area contributed by atoms with Crippen LogP contribution in [0.2, 0.25) is 0 Å². The Morgan fingerprint density at radius 2 is 1.78 bits per heavy atom. The average molecular weight is 370 g/mol. The number of nitrogens with one attached hydrogen (secondary N) is 2. The Kier molecular flexibility index (Phi) is 6.96. The zero-order valence-corrected chi connectivity index (χ0v) is 16.6. The monoisotopic (exact) mass is 370 g/mol. The molecule has 0 aliphatic carbocycles.